The van der Waals surface area contributed by atoms with Gasteiger partial charge >= 0.3 is 0 Å². The summed E-state index contributed by atoms with van der Waals surface area (Å²) in [4.78, 5) is 12.0. The zero-order valence-corrected chi connectivity index (χ0v) is 15.4. The highest BCUT2D eigenvalue weighted by Gasteiger charge is 2.11. The largest absolute Gasteiger partial charge is 0.484 e. The van der Waals surface area contributed by atoms with Crippen molar-refractivity contribution in [3.05, 3.63) is 76.4 Å². The Balaban J connectivity index is 1.59. The maximum atomic E-state index is 12.0. The first kappa shape index (κ1) is 17.2. The molecule has 1 aromatic heterocycles. The van der Waals surface area contributed by atoms with Gasteiger partial charge in [-0.25, -0.2) is 0 Å². The lowest BCUT2D eigenvalue weighted by Crippen LogP contribution is -2.20. The summed E-state index contributed by atoms with van der Waals surface area (Å²) < 4.78 is 7.95. The molecule has 2 aromatic carbocycles. The molecule has 1 N–H and O–H groups in total. The minimum absolute atomic E-state index is 0.0683. The van der Waals surface area contributed by atoms with Crippen LogP contribution in [0.25, 0.3) is 0 Å². The fourth-order valence-corrected chi connectivity index (χ4v) is 2.81. The molecule has 5 nitrogen and oxygen atoms in total. The Morgan fingerprint density at radius 2 is 2.00 bits per heavy atom. The maximum Gasteiger partial charge on any atom is 0.263 e. The van der Waals surface area contributed by atoms with Gasteiger partial charge in [-0.15, -0.1) is 0 Å². The zero-order valence-electron chi connectivity index (χ0n) is 13.8. The molecule has 0 aliphatic carbocycles. The molecule has 128 valence electrons. The van der Waals surface area contributed by atoms with Crippen LogP contribution in [0.3, 0.4) is 0 Å². The second-order valence-corrected chi connectivity index (χ2v) is 6.52. The van der Waals surface area contributed by atoms with E-state index in [1.165, 1.54) is 5.56 Å². The molecule has 1 amide bonds. The highest BCUT2D eigenvalue weighted by atomic mass is 79.9. The summed E-state index contributed by atoms with van der Waals surface area (Å²) in [6.07, 6.45) is 1.84. The van der Waals surface area contributed by atoms with E-state index in [0.29, 0.717) is 18.1 Å². The Labute approximate surface area is 154 Å². The van der Waals surface area contributed by atoms with Gasteiger partial charge in [0.25, 0.3) is 5.91 Å². The standard InChI is InChI=1S/C19H18BrN3O2/c1-14-6-5-7-15(10-14)11-23-12-17(20)19(22-23)21-18(24)13-25-16-8-3-2-4-9-16/h2-10,12H,11,13H2,1H3,(H,21,22,24). The number of carbonyl (C=O) groups is 1. The van der Waals surface area contributed by atoms with Crippen LogP contribution in [0.4, 0.5) is 5.82 Å². The molecule has 0 radical (unpaired) electrons. The van der Waals surface area contributed by atoms with Gasteiger partial charge in [0.05, 0.1) is 11.0 Å². The molecule has 6 heteroatoms. The van der Waals surface area contributed by atoms with Crippen LogP contribution in [0.1, 0.15) is 11.1 Å². The van der Waals surface area contributed by atoms with Crippen LogP contribution >= 0.6 is 15.9 Å². The number of ether oxygens (including phenoxy) is 1. The molecule has 0 unspecified atom stereocenters. The first-order chi connectivity index (χ1) is 12.1. The first-order valence-corrected chi connectivity index (χ1v) is 8.65. The average Bonchev–Trinajstić information content (AvgIpc) is 2.93. The summed E-state index contributed by atoms with van der Waals surface area (Å²) in [5.41, 5.74) is 2.36. The summed E-state index contributed by atoms with van der Waals surface area (Å²) >= 11 is 3.43. The van der Waals surface area contributed by atoms with Crippen LogP contribution in [0, 0.1) is 6.92 Å². The Bertz CT molecular complexity index is 862. The van der Waals surface area contributed by atoms with Crippen molar-refractivity contribution in [3.63, 3.8) is 0 Å². The van der Waals surface area contributed by atoms with Crippen molar-refractivity contribution in [2.75, 3.05) is 11.9 Å². The van der Waals surface area contributed by atoms with Crippen LogP contribution in [0.5, 0.6) is 5.75 Å². The molecule has 0 saturated carbocycles. The third-order valence-electron chi connectivity index (χ3n) is 3.52. The maximum absolute atomic E-state index is 12.0. The molecule has 0 aliphatic heterocycles. The van der Waals surface area contributed by atoms with Crippen molar-refractivity contribution in [1.29, 1.82) is 0 Å². The number of nitrogens with one attached hydrogen (secondary N) is 1. The van der Waals surface area contributed by atoms with Gasteiger partial charge in [-0.3, -0.25) is 9.48 Å². The van der Waals surface area contributed by atoms with Crippen molar-refractivity contribution in [2.45, 2.75) is 13.5 Å². The number of benzene rings is 2. The predicted octanol–water partition coefficient (Wildman–Crippen LogP) is 4.02. The number of rotatable bonds is 6. The third-order valence-corrected chi connectivity index (χ3v) is 4.10. The van der Waals surface area contributed by atoms with Gasteiger partial charge in [-0.1, -0.05) is 48.0 Å². The van der Waals surface area contributed by atoms with Gasteiger partial charge in [0.2, 0.25) is 0 Å². The molecule has 0 aliphatic rings. The fourth-order valence-electron chi connectivity index (χ4n) is 2.39. The summed E-state index contributed by atoms with van der Waals surface area (Å²) in [5, 5.41) is 7.17. The average molecular weight is 400 g/mol. The molecule has 0 atom stereocenters. The summed E-state index contributed by atoms with van der Waals surface area (Å²) in [5.74, 6) is 0.876. The third kappa shape index (κ3) is 4.93. The minimum Gasteiger partial charge on any atom is -0.484 e. The number of nitrogens with zero attached hydrogens (tertiary/aromatic N) is 2. The molecular formula is C19H18BrN3O2. The van der Waals surface area contributed by atoms with Gasteiger partial charge in [0.15, 0.2) is 12.4 Å². The zero-order chi connectivity index (χ0) is 17.6. The second kappa shape index (κ2) is 7.98. The van der Waals surface area contributed by atoms with E-state index in [1.54, 1.807) is 16.8 Å². The van der Waals surface area contributed by atoms with Crippen LogP contribution in [0.2, 0.25) is 0 Å². The van der Waals surface area contributed by atoms with Crippen molar-refractivity contribution in [1.82, 2.24) is 9.78 Å². The molecule has 3 rings (SSSR count). The quantitative estimate of drug-likeness (QED) is 0.680. The highest BCUT2D eigenvalue weighted by Crippen LogP contribution is 2.21. The number of aromatic nitrogens is 2. The number of carbonyl (C=O) groups excluding carboxylic acids is 1. The first-order valence-electron chi connectivity index (χ1n) is 7.86. The summed E-state index contributed by atoms with van der Waals surface area (Å²) in [6.45, 7) is 2.62. The van der Waals surface area contributed by atoms with Crippen LogP contribution in [-0.2, 0) is 11.3 Å². The summed E-state index contributed by atoms with van der Waals surface area (Å²) in [7, 11) is 0. The topological polar surface area (TPSA) is 56.2 Å². The summed E-state index contributed by atoms with van der Waals surface area (Å²) in [6, 6.07) is 17.5. The smallest absolute Gasteiger partial charge is 0.263 e. The monoisotopic (exact) mass is 399 g/mol. The SMILES string of the molecule is Cc1cccc(Cn2cc(Br)c(NC(=O)COc3ccccc3)n2)c1. The van der Waals surface area contributed by atoms with Gasteiger partial charge < -0.3 is 10.1 Å². The number of hydrogen-bond donors (Lipinski definition) is 1. The number of halogens is 1. The lowest BCUT2D eigenvalue weighted by atomic mass is 10.1. The number of amides is 1. The van der Waals surface area contributed by atoms with E-state index in [-0.39, 0.29) is 12.5 Å². The van der Waals surface area contributed by atoms with Crippen LogP contribution in [-0.4, -0.2) is 22.3 Å². The molecular weight excluding hydrogens is 382 g/mol. The lowest BCUT2D eigenvalue weighted by molar-refractivity contribution is -0.118. The fraction of sp³-hybridized carbons (Fsp3) is 0.158. The molecule has 0 saturated heterocycles. The van der Waals surface area contributed by atoms with Gasteiger partial charge in [0, 0.05) is 6.20 Å². The van der Waals surface area contributed by atoms with Crippen molar-refractivity contribution in [2.24, 2.45) is 0 Å². The van der Waals surface area contributed by atoms with E-state index in [0.717, 1.165) is 10.0 Å². The molecule has 3 aromatic rings. The molecule has 0 bridgehead atoms. The van der Waals surface area contributed by atoms with Gasteiger partial charge in [0.1, 0.15) is 5.75 Å². The van der Waals surface area contributed by atoms with E-state index in [2.05, 4.69) is 51.5 Å². The van der Waals surface area contributed by atoms with E-state index in [9.17, 15) is 4.79 Å². The Morgan fingerprint density at radius 1 is 1.20 bits per heavy atom. The Morgan fingerprint density at radius 3 is 2.76 bits per heavy atom. The van der Waals surface area contributed by atoms with Crippen LogP contribution < -0.4 is 10.1 Å². The predicted molar refractivity (Wildman–Crippen MR) is 101 cm³/mol. The van der Waals surface area contributed by atoms with Crippen molar-refractivity contribution >= 4 is 27.7 Å². The van der Waals surface area contributed by atoms with E-state index < -0.39 is 0 Å². The van der Waals surface area contributed by atoms with Crippen molar-refractivity contribution < 1.29 is 9.53 Å². The molecule has 0 spiro atoms. The van der Waals surface area contributed by atoms with Gasteiger partial charge in [-0.2, -0.15) is 5.10 Å². The van der Waals surface area contributed by atoms with E-state index >= 15 is 0 Å². The number of aryl methyl sites for hydroxylation is 1. The molecule has 25 heavy (non-hydrogen) atoms. The second-order valence-electron chi connectivity index (χ2n) is 5.66. The van der Waals surface area contributed by atoms with E-state index in [1.807, 2.05) is 30.5 Å². The highest BCUT2D eigenvalue weighted by molar-refractivity contribution is 9.10. The molecule has 1 heterocycles. The number of anilines is 1. The van der Waals surface area contributed by atoms with Crippen molar-refractivity contribution in [3.8, 4) is 5.75 Å². The number of hydrogen-bond acceptors (Lipinski definition) is 3. The van der Waals surface area contributed by atoms with Crippen LogP contribution in [0.15, 0.2) is 65.3 Å². The minimum atomic E-state index is -0.259. The normalized spacial score (nSPS) is 10.5. The Kier molecular flexibility index (Phi) is 5.50. The lowest BCUT2D eigenvalue weighted by Gasteiger charge is -2.06. The Hall–Kier alpha value is -2.60. The molecule has 0 fully saturated rings. The number of para-hydroxylation sites is 1. The van der Waals surface area contributed by atoms with Gasteiger partial charge in [-0.05, 0) is 40.5 Å². The van der Waals surface area contributed by atoms with E-state index in [4.69, 9.17) is 4.74 Å².